The molecule has 0 aliphatic carbocycles. The van der Waals surface area contributed by atoms with E-state index in [4.69, 9.17) is 30.3 Å². The predicted octanol–water partition coefficient (Wildman–Crippen LogP) is 1.39. The summed E-state index contributed by atoms with van der Waals surface area (Å²) in [5.41, 5.74) is 5.29. The fourth-order valence-electron chi connectivity index (χ4n) is 1.95. The molecule has 9 heteroatoms. The molecule has 158 valence electrons. The zero-order valence-electron chi connectivity index (χ0n) is 17.2. The van der Waals surface area contributed by atoms with E-state index in [9.17, 15) is 9.59 Å². The summed E-state index contributed by atoms with van der Waals surface area (Å²) in [5.74, 6) is -3.74. The van der Waals surface area contributed by atoms with Crippen LogP contribution in [0.5, 0.6) is 0 Å². The fourth-order valence-corrected chi connectivity index (χ4v) is 1.95. The van der Waals surface area contributed by atoms with Gasteiger partial charge in [-0.2, -0.15) is 0 Å². The predicted molar refractivity (Wildman–Crippen MR) is 99.9 cm³/mol. The van der Waals surface area contributed by atoms with Crippen LogP contribution in [0.3, 0.4) is 0 Å². The van der Waals surface area contributed by atoms with Gasteiger partial charge >= 0.3 is 17.9 Å². The Hall–Kier alpha value is -2.16. The molecule has 0 aromatic carbocycles. The lowest BCUT2D eigenvalue weighted by Crippen LogP contribution is -2.50. The first-order valence-electron chi connectivity index (χ1n) is 8.81. The summed E-state index contributed by atoms with van der Waals surface area (Å²) in [6, 6.07) is -1.24. The Bertz CT molecular complexity index is 498. The van der Waals surface area contributed by atoms with Crippen molar-refractivity contribution in [2.75, 3.05) is 0 Å². The van der Waals surface area contributed by atoms with Crippen LogP contribution in [0.1, 0.15) is 61.3 Å². The standard InChI is InChI=1S/C16H32N2O3.C2H2O4/c1-10(2)8-12(17)14(19)18-13(9-11(3)4)15(20)21-16(5,6)7;3-1(4)2(5)6/h10-13H,8-9,17H2,1-7H3,(H,18,19);(H,3,4)(H,5,6)/t12-,13-;/m1./s1. The smallest absolute Gasteiger partial charge is 0.414 e. The van der Waals surface area contributed by atoms with E-state index < -0.39 is 35.6 Å². The number of carbonyl (C=O) groups excluding carboxylic acids is 2. The molecule has 0 heterocycles. The highest BCUT2D eigenvalue weighted by molar-refractivity contribution is 6.27. The van der Waals surface area contributed by atoms with Gasteiger partial charge in [0.2, 0.25) is 5.91 Å². The first-order valence-corrected chi connectivity index (χ1v) is 8.81. The Morgan fingerprint density at radius 1 is 0.926 bits per heavy atom. The van der Waals surface area contributed by atoms with Gasteiger partial charge < -0.3 is 26.0 Å². The Kier molecular flexibility index (Phi) is 12.3. The van der Waals surface area contributed by atoms with Crippen molar-refractivity contribution in [3.05, 3.63) is 0 Å². The lowest BCUT2D eigenvalue weighted by Gasteiger charge is -2.26. The minimum absolute atomic E-state index is 0.268. The molecule has 2 atom stereocenters. The minimum atomic E-state index is -1.82. The number of hydrogen-bond donors (Lipinski definition) is 4. The molecule has 0 spiro atoms. The molecule has 0 saturated heterocycles. The largest absolute Gasteiger partial charge is 0.473 e. The van der Waals surface area contributed by atoms with Gasteiger partial charge in [-0.3, -0.25) is 4.79 Å². The highest BCUT2D eigenvalue weighted by Gasteiger charge is 2.28. The van der Waals surface area contributed by atoms with Gasteiger partial charge in [0.15, 0.2) is 0 Å². The number of aliphatic carboxylic acids is 2. The summed E-state index contributed by atoms with van der Waals surface area (Å²) in [7, 11) is 0. The van der Waals surface area contributed by atoms with E-state index in [-0.39, 0.29) is 11.8 Å². The molecule has 5 N–H and O–H groups in total. The van der Waals surface area contributed by atoms with Gasteiger partial charge in [0.1, 0.15) is 11.6 Å². The van der Waals surface area contributed by atoms with E-state index in [0.717, 1.165) is 0 Å². The number of nitrogens with one attached hydrogen (secondary N) is 1. The van der Waals surface area contributed by atoms with Crippen LogP contribution in [-0.4, -0.2) is 51.7 Å². The van der Waals surface area contributed by atoms with Crippen LogP contribution in [0.15, 0.2) is 0 Å². The Morgan fingerprint density at radius 3 is 1.63 bits per heavy atom. The van der Waals surface area contributed by atoms with Gasteiger partial charge in [-0.05, 0) is 45.4 Å². The molecule has 27 heavy (non-hydrogen) atoms. The van der Waals surface area contributed by atoms with E-state index in [1.807, 2.05) is 48.5 Å². The van der Waals surface area contributed by atoms with Crippen molar-refractivity contribution in [1.82, 2.24) is 5.32 Å². The van der Waals surface area contributed by atoms with Crippen LogP contribution >= 0.6 is 0 Å². The van der Waals surface area contributed by atoms with Crippen LogP contribution in [0, 0.1) is 11.8 Å². The van der Waals surface area contributed by atoms with Gasteiger partial charge in [-0.25, -0.2) is 14.4 Å². The number of nitrogens with two attached hydrogens (primary N) is 1. The number of carbonyl (C=O) groups is 4. The molecule has 1 amide bonds. The third-order valence-electron chi connectivity index (χ3n) is 2.96. The summed E-state index contributed by atoms with van der Waals surface area (Å²) < 4.78 is 5.37. The summed E-state index contributed by atoms with van der Waals surface area (Å²) in [6.07, 6.45) is 1.13. The number of hydrogen-bond acceptors (Lipinski definition) is 6. The van der Waals surface area contributed by atoms with E-state index in [0.29, 0.717) is 18.8 Å². The maximum Gasteiger partial charge on any atom is 0.414 e. The molecule has 0 bridgehead atoms. The Balaban J connectivity index is 0. The highest BCUT2D eigenvalue weighted by atomic mass is 16.6. The van der Waals surface area contributed by atoms with Crippen molar-refractivity contribution in [3.63, 3.8) is 0 Å². The normalized spacial score (nSPS) is 13.3. The van der Waals surface area contributed by atoms with E-state index >= 15 is 0 Å². The summed E-state index contributed by atoms with van der Waals surface area (Å²) in [4.78, 5) is 42.5. The van der Waals surface area contributed by atoms with E-state index in [2.05, 4.69) is 5.32 Å². The second-order valence-corrected chi connectivity index (χ2v) is 8.07. The highest BCUT2D eigenvalue weighted by Crippen LogP contribution is 2.13. The molecular weight excluding hydrogens is 356 g/mol. The van der Waals surface area contributed by atoms with Crippen molar-refractivity contribution in [3.8, 4) is 0 Å². The fraction of sp³-hybridized carbons (Fsp3) is 0.778. The third-order valence-corrected chi connectivity index (χ3v) is 2.96. The molecule has 0 unspecified atom stereocenters. The van der Waals surface area contributed by atoms with Crippen molar-refractivity contribution < 1.29 is 34.1 Å². The number of carboxylic acid groups (broad SMARTS) is 2. The number of ether oxygens (including phenoxy) is 1. The van der Waals surface area contributed by atoms with Crippen LogP contribution in [0.4, 0.5) is 0 Å². The molecule has 0 saturated carbocycles. The van der Waals surface area contributed by atoms with Crippen LogP contribution in [-0.2, 0) is 23.9 Å². The van der Waals surface area contributed by atoms with Crippen LogP contribution in [0.2, 0.25) is 0 Å². The Labute approximate surface area is 160 Å². The maximum absolute atomic E-state index is 12.2. The summed E-state index contributed by atoms with van der Waals surface area (Å²) in [5, 5.41) is 17.5. The number of esters is 1. The van der Waals surface area contributed by atoms with Crippen molar-refractivity contribution in [2.24, 2.45) is 17.6 Å². The number of rotatable bonds is 7. The first kappa shape index (κ1) is 27.1. The molecule has 0 aromatic rings. The number of amides is 1. The zero-order chi connectivity index (χ0) is 21.9. The van der Waals surface area contributed by atoms with Crippen molar-refractivity contribution in [1.29, 1.82) is 0 Å². The quantitative estimate of drug-likeness (QED) is 0.375. The molecule has 0 aliphatic heterocycles. The van der Waals surface area contributed by atoms with E-state index in [1.54, 1.807) is 0 Å². The monoisotopic (exact) mass is 390 g/mol. The Morgan fingerprint density at radius 2 is 1.33 bits per heavy atom. The minimum Gasteiger partial charge on any atom is -0.473 e. The van der Waals surface area contributed by atoms with Gasteiger partial charge in [0.25, 0.3) is 0 Å². The second kappa shape index (κ2) is 12.3. The van der Waals surface area contributed by atoms with Gasteiger partial charge in [-0.1, -0.05) is 27.7 Å². The van der Waals surface area contributed by atoms with Gasteiger partial charge in [0.05, 0.1) is 6.04 Å². The van der Waals surface area contributed by atoms with E-state index in [1.165, 1.54) is 0 Å². The summed E-state index contributed by atoms with van der Waals surface area (Å²) in [6.45, 7) is 13.4. The van der Waals surface area contributed by atoms with Crippen LogP contribution < -0.4 is 11.1 Å². The van der Waals surface area contributed by atoms with Gasteiger partial charge in [-0.15, -0.1) is 0 Å². The van der Waals surface area contributed by atoms with Crippen molar-refractivity contribution in [2.45, 2.75) is 79.0 Å². The molecule has 9 nitrogen and oxygen atoms in total. The molecule has 0 aromatic heterocycles. The third kappa shape index (κ3) is 15.8. The van der Waals surface area contributed by atoms with Crippen LogP contribution in [0.25, 0.3) is 0 Å². The molecule has 0 radical (unpaired) electrons. The molecular formula is C18H34N2O7. The first-order chi connectivity index (χ1) is 12.1. The SMILES string of the molecule is CC(C)C[C@@H](N)C(=O)N[C@H](CC(C)C)C(=O)OC(C)(C)C.O=C(O)C(=O)O. The summed E-state index contributed by atoms with van der Waals surface area (Å²) >= 11 is 0. The average molecular weight is 390 g/mol. The zero-order valence-corrected chi connectivity index (χ0v) is 17.2. The van der Waals surface area contributed by atoms with Gasteiger partial charge in [0, 0.05) is 0 Å². The average Bonchev–Trinajstić information content (AvgIpc) is 2.43. The maximum atomic E-state index is 12.2. The molecule has 0 rings (SSSR count). The lowest BCUT2D eigenvalue weighted by molar-refractivity contribution is -0.159. The molecule has 0 aliphatic rings. The topological polar surface area (TPSA) is 156 Å². The lowest BCUT2D eigenvalue weighted by atomic mass is 10.0. The molecule has 0 fully saturated rings. The number of carboxylic acids is 2. The second-order valence-electron chi connectivity index (χ2n) is 8.07. The van der Waals surface area contributed by atoms with Crippen molar-refractivity contribution >= 4 is 23.8 Å².